The van der Waals surface area contributed by atoms with Crippen LogP contribution in [-0.4, -0.2) is 96.7 Å². The van der Waals surface area contributed by atoms with Crippen LogP contribution in [0, 0.1) is 5.92 Å². The van der Waals surface area contributed by atoms with E-state index in [2.05, 4.69) is 34.6 Å². The zero-order valence-electron chi connectivity index (χ0n) is 59.7. The summed E-state index contributed by atoms with van der Waals surface area (Å²) in [6.45, 7) is 7.24. The molecule has 17 nitrogen and oxygen atoms in total. The molecule has 5 atom stereocenters. The van der Waals surface area contributed by atoms with E-state index in [0.29, 0.717) is 25.7 Å². The van der Waals surface area contributed by atoms with Crippen LogP contribution in [-0.2, 0) is 65.4 Å². The Kier molecular flexibility index (Phi) is 64.9. The van der Waals surface area contributed by atoms with Gasteiger partial charge in [-0.15, -0.1) is 0 Å². The highest BCUT2D eigenvalue weighted by molar-refractivity contribution is 7.47. The van der Waals surface area contributed by atoms with E-state index in [1.165, 1.54) is 205 Å². The Hall–Kier alpha value is -1.94. The van der Waals surface area contributed by atoms with Gasteiger partial charge in [0.05, 0.1) is 26.4 Å². The minimum Gasteiger partial charge on any atom is -0.462 e. The van der Waals surface area contributed by atoms with Crippen molar-refractivity contribution < 1.29 is 80.2 Å². The molecule has 0 aromatic rings. The number of phosphoric ester groups is 2. The molecule has 0 saturated carbocycles. The van der Waals surface area contributed by atoms with Crippen molar-refractivity contribution in [1.29, 1.82) is 0 Å². The zero-order chi connectivity index (χ0) is 67.7. The van der Waals surface area contributed by atoms with Crippen molar-refractivity contribution in [1.82, 2.24) is 0 Å². The van der Waals surface area contributed by atoms with Crippen molar-refractivity contribution >= 4 is 39.5 Å². The molecule has 0 fully saturated rings. The third-order valence-corrected chi connectivity index (χ3v) is 18.9. The Morgan fingerprint density at radius 1 is 0.293 bits per heavy atom. The summed E-state index contributed by atoms with van der Waals surface area (Å²) in [6.07, 6.45) is 54.0. The number of aliphatic hydroxyl groups excluding tert-OH is 1. The lowest BCUT2D eigenvalue weighted by Gasteiger charge is -2.21. The highest BCUT2D eigenvalue weighted by Crippen LogP contribution is 2.45. The Bertz CT molecular complexity index is 1770. The van der Waals surface area contributed by atoms with Crippen LogP contribution in [0.1, 0.15) is 381 Å². The van der Waals surface area contributed by atoms with E-state index in [4.69, 9.17) is 37.0 Å². The van der Waals surface area contributed by atoms with Crippen molar-refractivity contribution in [2.45, 2.75) is 400 Å². The highest BCUT2D eigenvalue weighted by Gasteiger charge is 2.30. The molecule has 0 rings (SSSR count). The quantitative estimate of drug-likeness (QED) is 0.0222. The van der Waals surface area contributed by atoms with E-state index in [9.17, 15) is 43.2 Å². The van der Waals surface area contributed by atoms with Crippen LogP contribution in [0.2, 0.25) is 0 Å². The molecule has 0 bridgehead atoms. The fraction of sp³-hybridized carbons (Fsp3) is 0.945. The van der Waals surface area contributed by atoms with Crippen LogP contribution in [0.5, 0.6) is 0 Å². The van der Waals surface area contributed by atoms with Crippen molar-refractivity contribution in [2.75, 3.05) is 39.6 Å². The Morgan fingerprint density at radius 3 is 0.739 bits per heavy atom. The molecule has 0 aliphatic heterocycles. The third kappa shape index (κ3) is 66.7. The van der Waals surface area contributed by atoms with Crippen molar-refractivity contribution in [3.8, 4) is 0 Å². The summed E-state index contributed by atoms with van der Waals surface area (Å²) < 4.78 is 68.4. The number of phosphoric acid groups is 2. The number of esters is 4. The maximum atomic E-state index is 13.1. The smallest absolute Gasteiger partial charge is 0.462 e. The fourth-order valence-electron chi connectivity index (χ4n) is 11.2. The lowest BCUT2D eigenvalue weighted by Crippen LogP contribution is -2.30. The summed E-state index contributed by atoms with van der Waals surface area (Å²) in [6, 6.07) is 0. The van der Waals surface area contributed by atoms with E-state index in [1.807, 2.05) is 0 Å². The normalized spacial score (nSPS) is 14.0. The fourth-order valence-corrected chi connectivity index (χ4v) is 12.8. The number of ether oxygens (including phenoxy) is 4. The molecule has 0 aromatic carbocycles. The molecular weight excluding hydrogens is 1210 g/mol. The number of aliphatic hydroxyl groups is 1. The second-order valence-corrected chi connectivity index (χ2v) is 29.7. The molecule has 19 heteroatoms. The molecule has 0 radical (unpaired) electrons. The molecule has 2 unspecified atom stereocenters. The summed E-state index contributed by atoms with van der Waals surface area (Å²) in [7, 11) is -9.90. The molecule has 0 saturated heterocycles. The first kappa shape index (κ1) is 90.1. The first-order valence-electron chi connectivity index (χ1n) is 38.1. The Morgan fingerprint density at radius 2 is 0.500 bits per heavy atom. The Balaban J connectivity index is 5.25. The van der Waals surface area contributed by atoms with E-state index < -0.39 is 97.5 Å². The summed E-state index contributed by atoms with van der Waals surface area (Å²) >= 11 is 0. The van der Waals surface area contributed by atoms with Crippen LogP contribution in [0.25, 0.3) is 0 Å². The van der Waals surface area contributed by atoms with Gasteiger partial charge in [0.25, 0.3) is 0 Å². The van der Waals surface area contributed by atoms with Crippen molar-refractivity contribution in [2.24, 2.45) is 5.92 Å². The highest BCUT2D eigenvalue weighted by atomic mass is 31.2. The monoisotopic (exact) mass is 1350 g/mol. The molecule has 92 heavy (non-hydrogen) atoms. The van der Waals surface area contributed by atoms with Crippen molar-refractivity contribution in [3.63, 3.8) is 0 Å². The van der Waals surface area contributed by atoms with Crippen LogP contribution in [0.4, 0.5) is 0 Å². The average Bonchev–Trinajstić information content (AvgIpc) is 1.99. The van der Waals surface area contributed by atoms with Gasteiger partial charge < -0.3 is 33.8 Å². The average molecular weight is 1350 g/mol. The van der Waals surface area contributed by atoms with Crippen LogP contribution in [0.3, 0.4) is 0 Å². The van der Waals surface area contributed by atoms with Crippen LogP contribution < -0.4 is 0 Å². The van der Waals surface area contributed by atoms with Gasteiger partial charge in [-0.3, -0.25) is 37.3 Å². The molecule has 0 aromatic heterocycles. The summed E-state index contributed by atoms with van der Waals surface area (Å²) in [5.41, 5.74) is 0. The molecule has 0 heterocycles. The number of unbranched alkanes of at least 4 members (excludes halogenated alkanes) is 45. The summed E-state index contributed by atoms with van der Waals surface area (Å²) in [5.74, 6) is -1.39. The van der Waals surface area contributed by atoms with Crippen LogP contribution >= 0.6 is 15.6 Å². The second kappa shape index (κ2) is 66.3. The summed E-state index contributed by atoms with van der Waals surface area (Å²) in [5, 5.41) is 10.6. The zero-order valence-corrected chi connectivity index (χ0v) is 61.5. The largest absolute Gasteiger partial charge is 0.472 e. The second-order valence-electron chi connectivity index (χ2n) is 26.8. The lowest BCUT2D eigenvalue weighted by atomic mass is 10.0. The number of hydrogen-bond donors (Lipinski definition) is 3. The lowest BCUT2D eigenvalue weighted by molar-refractivity contribution is -0.161. The van der Waals surface area contributed by atoms with Gasteiger partial charge in [-0.05, 0) is 31.6 Å². The minimum atomic E-state index is -4.95. The first-order chi connectivity index (χ1) is 44.5. The van der Waals surface area contributed by atoms with Gasteiger partial charge in [0.2, 0.25) is 0 Å². The molecule has 546 valence electrons. The SMILES string of the molecule is CCCCCCCCCCCCCCCCCCC(=O)O[C@H](COC(=O)CCCCCCCCCCCCCCC)COP(=O)(O)OC[C@@H](O)COP(=O)(O)OC[C@@H](COC(=O)CCCCCCCCCCC(C)C)OC(=O)CCCCCCCCCCCCCC. The standard InChI is InChI=1S/C73H142O17P2/c1-6-9-12-15-18-21-24-27-28-29-31-34-37-44-49-54-59-73(78)89-68(62-83-70(75)56-51-46-41-35-33-30-25-22-19-16-13-10-7-2)64-87-91(79,80)85-60-67(74)61-86-92(81,82)88-65-69(63-84-71(76)57-52-47-42-39-38-40-45-50-55-66(4)5)90-72(77)58-53-48-43-36-32-26-23-20-17-14-11-8-3/h66-69,74H,6-65H2,1-5H3,(H,79,80)(H,81,82)/t67-,68-,69-/m1/s1. The van der Waals surface area contributed by atoms with E-state index >= 15 is 0 Å². The first-order valence-corrected chi connectivity index (χ1v) is 41.1. The number of carbonyl (C=O) groups is 4. The van der Waals surface area contributed by atoms with Gasteiger partial charge in [-0.2, -0.15) is 0 Å². The predicted octanol–water partition coefficient (Wildman–Crippen LogP) is 21.3. The van der Waals surface area contributed by atoms with E-state index in [1.54, 1.807) is 0 Å². The van der Waals surface area contributed by atoms with Gasteiger partial charge in [-0.1, -0.05) is 330 Å². The van der Waals surface area contributed by atoms with Crippen molar-refractivity contribution in [3.05, 3.63) is 0 Å². The predicted molar refractivity (Wildman–Crippen MR) is 372 cm³/mol. The number of rotatable bonds is 73. The van der Waals surface area contributed by atoms with Gasteiger partial charge in [-0.25, -0.2) is 9.13 Å². The topological polar surface area (TPSA) is 237 Å². The maximum absolute atomic E-state index is 13.1. The van der Waals surface area contributed by atoms with Crippen LogP contribution in [0.15, 0.2) is 0 Å². The molecule has 3 N–H and O–H groups in total. The maximum Gasteiger partial charge on any atom is 0.472 e. The molecule has 0 spiro atoms. The molecule has 0 amide bonds. The van der Waals surface area contributed by atoms with Gasteiger partial charge >= 0.3 is 39.5 Å². The van der Waals surface area contributed by atoms with E-state index in [0.717, 1.165) is 95.8 Å². The third-order valence-electron chi connectivity index (χ3n) is 17.0. The van der Waals surface area contributed by atoms with Gasteiger partial charge in [0.1, 0.15) is 19.3 Å². The molecular formula is C73H142O17P2. The molecule has 0 aliphatic carbocycles. The van der Waals surface area contributed by atoms with Gasteiger partial charge in [0.15, 0.2) is 12.2 Å². The minimum absolute atomic E-state index is 0.107. The number of hydrogen-bond acceptors (Lipinski definition) is 15. The van der Waals surface area contributed by atoms with E-state index in [-0.39, 0.29) is 25.7 Å². The summed E-state index contributed by atoms with van der Waals surface area (Å²) in [4.78, 5) is 72.7. The van der Waals surface area contributed by atoms with Gasteiger partial charge in [0, 0.05) is 25.7 Å². The Labute approximate surface area is 562 Å². The number of carbonyl (C=O) groups excluding carboxylic acids is 4. The molecule has 0 aliphatic rings.